The van der Waals surface area contributed by atoms with Crippen molar-refractivity contribution in [1.29, 1.82) is 0 Å². The van der Waals surface area contributed by atoms with Crippen LogP contribution in [0.2, 0.25) is 0 Å². The highest BCUT2D eigenvalue weighted by atomic mass is 16.5. The summed E-state index contributed by atoms with van der Waals surface area (Å²) < 4.78 is 6.57. The van der Waals surface area contributed by atoms with Gasteiger partial charge in [-0.25, -0.2) is 4.79 Å². The topological polar surface area (TPSA) is 74.3 Å². The first kappa shape index (κ1) is 16.4. The van der Waals surface area contributed by atoms with Crippen LogP contribution in [-0.4, -0.2) is 23.7 Å². The number of esters is 1. The summed E-state index contributed by atoms with van der Waals surface area (Å²) in [7, 11) is 0. The summed E-state index contributed by atoms with van der Waals surface area (Å²) in [6, 6.07) is 2.96. The highest BCUT2D eigenvalue weighted by Gasteiger charge is 2.24. The predicted molar refractivity (Wildman–Crippen MR) is 78.6 cm³/mol. The zero-order chi connectivity index (χ0) is 15.1. The Morgan fingerprint density at radius 2 is 2.15 bits per heavy atom. The summed E-state index contributed by atoms with van der Waals surface area (Å²) in [6.07, 6.45) is 2.73. The Morgan fingerprint density at radius 3 is 2.70 bits per heavy atom. The molecule has 20 heavy (non-hydrogen) atoms. The summed E-state index contributed by atoms with van der Waals surface area (Å²) in [5, 5.41) is 0. The molecule has 1 rings (SSSR count). The van der Waals surface area contributed by atoms with Gasteiger partial charge in [0, 0.05) is 11.8 Å². The second-order valence-corrected chi connectivity index (χ2v) is 5.18. The number of aromatic nitrogens is 1. The molecular formula is C15H24N2O3. The van der Waals surface area contributed by atoms with Gasteiger partial charge >= 0.3 is 5.97 Å². The lowest BCUT2D eigenvalue weighted by atomic mass is 10.0. The maximum atomic E-state index is 12.4. The predicted octanol–water partition coefficient (Wildman–Crippen LogP) is 1.50. The van der Waals surface area contributed by atoms with Gasteiger partial charge in [0.15, 0.2) is 0 Å². The third-order valence-electron chi connectivity index (χ3n) is 3.06. The van der Waals surface area contributed by atoms with E-state index in [9.17, 15) is 9.59 Å². The molecule has 0 aliphatic rings. The van der Waals surface area contributed by atoms with Crippen LogP contribution in [0, 0.1) is 5.92 Å². The van der Waals surface area contributed by atoms with E-state index in [-0.39, 0.29) is 17.4 Å². The Kier molecular flexibility index (Phi) is 6.45. The van der Waals surface area contributed by atoms with Crippen LogP contribution in [0.4, 0.5) is 0 Å². The maximum Gasteiger partial charge on any atom is 0.329 e. The Labute approximate surface area is 119 Å². The molecule has 0 saturated carbocycles. The number of nitrogens with zero attached hydrogens (tertiary/aromatic N) is 1. The lowest BCUT2D eigenvalue weighted by Gasteiger charge is -2.20. The van der Waals surface area contributed by atoms with Gasteiger partial charge in [-0.05, 0) is 38.3 Å². The van der Waals surface area contributed by atoms with E-state index in [4.69, 9.17) is 10.5 Å². The first-order valence-electron chi connectivity index (χ1n) is 7.08. The number of nitrogens with two attached hydrogens (primary N) is 1. The van der Waals surface area contributed by atoms with Gasteiger partial charge in [0.2, 0.25) is 0 Å². The molecule has 1 aromatic rings. The summed E-state index contributed by atoms with van der Waals surface area (Å²) in [6.45, 7) is 6.51. The highest BCUT2D eigenvalue weighted by molar-refractivity contribution is 5.74. The van der Waals surface area contributed by atoms with Gasteiger partial charge in [0.1, 0.15) is 6.04 Å². The molecule has 0 bridgehead atoms. The van der Waals surface area contributed by atoms with Crippen molar-refractivity contribution >= 4 is 5.97 Å². The second-order valence-electron chi connectivity index (χ2n) is 5.18. The number of carbonyl (C=O) groups excluding carboxylic acids is 1. The van der Waals surface area contributed by atoms with Crippen molar-refractivity contribution in [2.45, 2.75) is 39.7 Å². The third kappa shape index (κ3) is 4.20. The van der Waals surface area contributed by atoms with Gasteiger partial charge in [-0.15, -0.1) is 0 Å². The van der Waals surface area contributed by atoms with Crippen molar-refractivity contribution in [2.75, 3.05) is 13.2 Å². The fourth-order valence-electron chi connectivity index (χ4n) is 2.16. The summed E-state index contributed by atoms with van der Waals surface area (Å²) in [4.78, 5) is 24.5. The van der Waals surface area contributed by atoms with E-state index >= 15 is 0 Å². The Hall–Kier alpha value is -1.62. The van der Waals surface area contributed by atoms with Gasteiger partial charge in [-0.2, -0.15) is 0 Å². The number of ether oxygens (including phenoxy) is 1. The standard InChI is InChI=1S/C15H24N2O3/c1-4-20-15(19)13(10-11(2)3)17-9-5-6-12(7-8-16)14(17)18/h5-6,9,11,13H,4,7-8,10,16H2,1-3H3. The summed E-state index contributed by atoms with van der Waals surface area (Å²) >= 11 is 0. The smallest absolute Gasteiger partial charge is 0.329 e. The highest BCUT2D eigenvalue weighted by Crippen LogP contribution is 2.18. The molecule has 112 valence electrons. The molecule has 0 aliphatic heterocycles. The monoisotopic (exact) mass is 280 g/mol. The van der Waals surface area contributed by atoms with Crippen LogP contribution in [-0.2, 0) is 16.0 Å². The van der Waals surface area contributed by atoms with Crippen LogP contribution >= 0.6 is 0 Å². The number of hydrogen-bond donors (Lipinski definition) is 1. The average molecular weight is 280 g/mol. The first-order chi connectivity index (χ1) is 9.51. The molecule has 1 atom stereocenters. The van der Waals surface area contributed by atoms with Crippen molar-refractivity contribution in [3.63, 3.8) is 0 Å². The lowest BCUT2D eigenvalue weighted by Crippen LogP contribution is -2.33. The van der Waals surface area contributed by atoms with E-state index in [0.29, 0.717) is 31.6 Å². The maximum absolute atomic E-state index is 12.4. The van der Waals surface area contributed by atoms with Gasteiger partial charge in [-0.3, -0.25) is 4.79 Å². The van der Waals surface area contributed by atoms with Crippen molar-refractivity contribution in [1.82, 2.24) is 4.57 Å². The van der Waals surface area contributed by atoms with Gasteiger partial charge in [0.05, 0.1) is 6.61 Å². The van der Waals surface area contributed by atoms with Crippen LogP contribution < -0.4 is 11.3 Å². The van der Waals surface area contributed by atoms with E-state index in [1.165, 1.54) is 4.57 Å². The van der Waals surface area contributed by atoms with Gasteiger partial charge in [0.25, 0.3) is 5.56 Å². The molecule has 1 unspecified atom stereocenters. The first-order valence-corrected chi connectivity index (χ1v) is 7.08. The van der Waals surface area contributed by atoms with Crippen molar-refractivity contribution in [3.8, 4) is 0 Å². The molecule has 1 aromatic heterocycles. The molecule has 0 saturated heterocycles. The second kappa shape index (κ2) is 7.85. The Balaban J connectivity index is 3.16. The van der Waals surface area contributed by atoms with Crippen LogP contribution in [0.1, 0.15) is 38.8 Å². The minimum Gasteiger partial charge on any atom is -0.464 e. The van der Waals surface area contributed by atoms with Gasteiger partial charge < -0.3 is 15.0 Å². The van der Waals surface area contributed by atoms with Gasteiger partial charge in [-0.1, -0.05) is 19.9 Å². The zero-order valence-electron chi connectivity index (χ0n) is 12.5. The van der Waals surface area contributed by atoms with E-state index in [1.54, 1.807) is 25.3 Å². The number of carbonyl (C=O) groups is 1. The molecule has 5 nitrogen and oxygen atoms in total. The largest absolute Gasteiger partial charge is 0.464 e. The summed E-state index contributed by atoms with van der Waals surface area (Å²) in [5.41, 5.74) is 5.98. The molecule has 0 aliphatic carbocycles. The van der Waals surface area contributed by atoms with Crippen LogP contribution in [0.3, 0.4) is 0 Å². The molecule has 0 fully saturated rings. The molecule has 1 heterocycles. The fraction of sp³-hybridized carbons (Fsp3) is 0.600. The Morgan fingerprint density at radius 1 is 1.45 bits per heavy atom. The number of rotatable bonds is 7. The normalized spacial score (nSPS) is 12.4. The minimum atomic E-state index is -0.569. The third-order valence-corrected chi connectivity index (χ3v) is 3.06. The van der Waals surface area contributed by atoms with Crippen LogP contribution in [0.25, 0.3) is 0 Å². The fourth-order valence-corrected chi connectivity index (χ4v) is 2.16. The SMILES string of the molecule is CCOC(=O)C(CC(C)C)n1cccc(CCN)c1=O. The zero-order valence-corrected chi connectivity index (χ0v) is 12.5. The summed E-state index contributed by atoms with van der Waals surface area (Å²) in [5.74, 6) is -0.0670. The Bertz CT molecular complexity index is 494. The van der Waals surface area contributed by atoms with Crippen LogP contribution in [0.15, 0.2) is 23.1 Å². The quantitative estimate of drug-likeness (QED) is 0.768. The molecule has 0 amide bonds. The van der Waals surface area contributed by atoms with E-state index in [1.807, 2.05) is 13.8 Å². The van der Waals surface area contributed by atoms with Crippen LogP contribution in [0.5, 0.6) is 0 Å². The average Bonchev–Trinajstić information content (AvgIpc) is 2.39. The molecular weight excluding hydrogens is 256 g/mol. The lowest BCUT2D eigenvalue weighted by molar-refractivity contribution is -0.147. The number of pyridine rings is 1. The number of hydrogen-bond acceptors (Lipinski definition) is 4. The van der Waals surface area contributed by atoms with E-state index in [0.717, 1.165) is 0 Å². The molecule has 0 aromatic carbocycles. The van der Waals surface area contributed by atoms with E-state index < -0.39 is 6.04 Å². The molecule has 5 heteroatoms. The molecule has 0 radical (unpaired) electrons. The minimum absolute atomic E-state index is 0.156. The molecule has 2 N–H and O–H groups in total. The van der Waals surface area contributed by atoms with Crippen molar-refractivity contribution < 1.29 is 9.53 Å². The van der Waals surface area contributed by atoms with Crippen molar-refractivity contribution in [3.05, 3.63) is 34.2 Å². The van der Waals surface area contributed by atoms with E-state index in [2.05, 4.69) is 0 Å². The van der Waals surface area contributed by atoms with Crippen molar-refractivity contribution in [2.24, 2.45) is 11.7 Å². The molecule has 0 spiro atoms.